The van der Waals surface area contributed by atoms with Crippen LogP contribution in [0, 0.1) is 6.92 Å². The Labute approximate surface area is 111 Å². The molecule has 0 saturated heterocycles. The Bertz CT molecular complexity index is 572. The first-order valence-electron chi connectivity index (χ1n) is 6.05. The van der Waals surface area contributed by atoms with Crippen molar-refractivity contribution < 1.29 is 14.3 Å². The molecule has 2 aromatic rings. The molecule has 0 radical (unpaired) electrons. The number of nitrogens with zero attached hydrogens (tertiary/aromatic N) is 2. The van der Waals surface area contributed by atoms with Gasteiger partial charge in [-0.15, -0.1) is 0 Å². The van der Waals surface area contributed by atoms with E-state index in [1.54, 1.807) is 24.9 Å². The number of furan rings is 1. The zero-order valence-corrected chi connectivity index (χ0v) is 11.2. The molecule has 2 rings (SSSR count). The van der Waals surface area contributed by atoms with Gasteiger partial charge in [0, 0.05) is 19.5 Å². The molecule has 0 amide bonds. The topological polar surface area (TPSA) is 80.3 Å². The fourth-order valence-electron chi connectivity index (χ4n) is 2.09. The van der Waals surface area contributed by atoms with Gasteiger partial charge >= 0.3 is 5.97 Å². The Morgan fingerprint density at radius 1 is 1.63 bits per heavy atom. The maximum absolute atomic E-state index is 11.2. The van der Waals surface area contributed by atoms with Crippen LogP contribution < -0.4 is 5.32 Å². The predicted octanol–water partition coefficient (Wildman–Crippen LogP) is 2.06. The first-order valence-corrected chi connectivity index (χ1v) is 6.05. The van der Waals surface area contributed by atoms with Gasteiger partial charge in [-0.25, -0.2) is 4.79 Å². The van der Waals surface area contributed by atoms with Crippen molar-refractivity contribution in [2.75, 3.05) is 5.32 Å². The van der Waals surface area contributed by atoms with Crippen molar-refractivity contribution >= 4 is 11.8 Å². The molecule has 2 heterocycles. The molecule has 102 valence electrons. The minimum absolute atomic E-state index is 0.0408. The van der Waals surface area contributed by atoms with Gasteiger partial charge in [-0.2, -0.15) is 5.10 Å². The minimum Gasteiger partial charge on any atom is -0.477 e. The molecule has 6 heteroatoms. The number of hydrogen-bond acceptors (Lipinski definition) is 4. The van der Waals surface area contributed by atoms with Gasteiger partial charge in [-0.3, -0.25) is 4.68 Å². The highest BCUT2D eigenvalue weighted by Crippen LogP contribution is 2.20. The fraction of sp³-hybridized carbons (Fsp3) is 0.385. The largest absolute Gasteiger partial charge is 0.477 e. The fourth-order valence-corrected chi connectivity index (χ4v) is 2.09. The second kappa shape index (κ2) is 5.17. The van der Waals surface area contributed by atoms with E-state index in [0.29, 0.717) is 17.9 Å². The Morgan fingerprint density at radius 2 is 2.37 bits per heavy atom. The lowest BCUT2D eigenvalue weighted by Gasteiger charge is -2.14. The summed E-state index contributed by atoms with van der Waals surface area (Å²) < 4.78 is 6.83. The van der Waals surface area contributed by atoms with E-state index in [4.69, 9.17) is 4.42 Å². The summed E-state index contributed by atoms with van der Waals surface area (Å²) in [4.78, 5) is 11.2. The summed E-state index contributed by atoms with van der Waals surface area (Å²) in [6.07, 6.45) is 2.30. The number of rotatable bonds is 5. The summed E-state index contributed by atoms with van der Waals surface area (Å²) in [6, 6.07) is 3.77. The van der Waals surface area contributed by atoms with Crippen LogP contribution in [0.1, 0.15) is 28.7 Å². The molecule has 0 spiro atoms. The second-order valence-corrected chi connectivity index (χ2v) is 4.57. The molecule has 0 aromatic carbocycles. The number of carboxylic acid groups (broad SMARTS) is 1. The number of aromatic nitrogens is 2. The van der Waals surface area contributed by atoms with Gasteiger partial charge in [-0.1, -0.05) is 0 Å². The molecule has 0 aliphatic rings. The van der Waals surface area contributed by atoms with Crippen LogP contribution >= 0.6 is 0 Å². The van der Waals surface area contributed by atoms with Crippen LogP contribution in [-0.4, -0.2) is 26.9 Å². The van der Waals surface area contributed by atoms with E-state index in [2.05, 4.69) is 10.4 Å². The van der Waals surface area contributed by atoms with Gasteiger partial charge in [0.1, 0.15) is 17.1 Å². The molecule has 2 N–H and O–H groups in total. The van der Waals surface area contributed by atoms with E-state index in [1.165, 1.54) is 0 Å². The van der Waals surface area contributed by atoms with E-state index in [1.807, 2.05) is 19.1 Å². The lowest BCUT2D eigenvalue weighted by atomic mass is 10.2. The third kappa shape index (κ3) is 2.78. The molecule has 2 aromatic heterocycles. The van der Waals surface area contributed by atoms with Gasteiger partial charge in [0.15, 0.2) is 0 Å². The summed E-state index contributed by atoms with van der Waals surface area (Å²) in [5.41, 5.74) is 0.719. The van der Waals surface area contributed by atoms with Crippen LogP contribution in [0.25, 0.3) is 0 Å². The zero-order valence-electron chi connectivity index (χ0n) is 11.2. The average molecular weight is 263 g/mol. The molecular weight excluding hydrogens is 246 g/mol. The molecule has 0 saturated carbocycles. The van der Waals surface area contributed by atoms with Gasteiger partial charge in [0.25, 0.3) is 0 Å². The number of nitrogens with one attached hydrogen (secondary N) is 1. The monoisotopic (exact) mass is 263 g/mol. The Morgan fingerprint density at radius 3 is 2.95 bits per heavy atom. The Hall–Kier alpha value is -2.24. The van der Waals surface area contributed by atoms with Crippen LogP contribution in [0.4, 0.5) is 5.82 Å². The molecule has 0 fully saturated rings. The quantitative estimate of drug-likeness (QED) is 0.863. The third-order valence-electron chi connectivity index (χ3n) is 2.91. The van der Waals surface area contributed by atoms with E-state index in [9.17, 15) is 9.90 Å². The summed E-state index contributed by atoms with van der Waals surface area (Å²) >= 11 is 0. The van der Waals surface area contributed by atoms with Crippen molar-refractivity contribution in [3.05, 3.63) is 35.4 Å². The summed E-state index contributed by atoms with van der Waals surface area (Å²) in [5.74, 6) is 0.401. The standard InChI is InChI=1S/C13H17N3O3/c1-8(7-10-5-4-6-19-10)14-12-11(13(17)18)9(2)15-16(12)3/h4-6,8,14H,7H2,1-3H3,(H,17,18). The number of carboxylic acids is 1. The molecule has 6 nitrogen and oxygen atoms in total. The van der Waals surface area contributed by atoms with Crippen LogP contribution in [0.3, 0.4) is 0 Å². The number of anilines is 1. The maximum atomic E-state index is 11.2. The van der Waals surface area contributed by atoms with E-state index >= 15 is 0 Å². The molecule has 0 bridgehead atoms. The van der Waals surface area contributed by atoms with E-state index in [0.717, 1.165) is 5.76 Å². The Kier molecular flexibility index (Phi) is 3.59. The smallest absolute Gasteiger partial charge is 0.341 e. The Balaban J connectivity index is 2.16. The predicted molar refractivity (Wildman–Crippen MR) is 70.4 cm³/mol. The second-order valence-electron chi connectivity index (χ2n) is 4.57. The van der Waals surface area contributed by atoms with Crippen LogP contribution in [-0.2, 0) is 13.5 Å². The molecule has 0 aliphatic carbocycles. The number of hydrogen-bond donors (Lipinski definition) is 2. The van der Waals surface area contributed by atoms with Crippen molar-refractivity contribution in [3.8, 4) is 0 Å². The first kappa shape index (κ1) is 13.2. The van der Waals surface area contributed by atoms with Gasteiger partial charge in [0.05, 0.1) is 12.0 Å². The third-order valence-corrected chi connectivity index (χ3v) is 2.91. The normalized spacial score (nSPS) is 12.4. The lowest BCUT2D eigenvalue weighted by Crippen LogP contribution is -2.21. The summed E-state index contributed by atoms with van der Waals surface area (Å²) in [5, 5.41) is 16.5. The number of aromatic carboxylic acids is 1. The lowest BCUT2D eigenvalue weighted by molar-refractivity contribution is 0.0697. The highest BCUT2D eigenvalue weighted by molar-refractivity contribution is 5.94. The van der Waals surface area contributed by atoms with Gasteiger partial charge < -0.3 is 14.8 Å². The van der Waals surface area contributed by atoms with E-state index in [-0.39, 0.29) is 11.6 Å². The molecule has 1 atom stereocenters. The summed E-state index contributed by atoms with van der Waals surface area (Å²) in [6.45, 7) is 3.66. The highest BCUT2D eigenvalue weighted by Gasteiger charge is 2.21. The average Bonchev–Trinajstić information content (AvgIpc) is 2.88. The van der Waals surface area contributed by atoms with Crippen molar-refractivity contribution in [1.82, 2.24) is 9.78 Å². The molecule has 19 heavy (non-hydrogen) atoms. The molecular formula is C13H17N3O3. The van der Waals surface area contributed by atoms with Crippen molar-refractivity contribution in [2.45, 2.75) is 26.3 Å². The minimum atomic E-state index is -0.974. The highest BCUT2D eigenvalue weighted by atomic mass is 16.4. The van der Waals surface area contributed by atoms with Gasteiger partial charge in [-0.05, 0) is 26.0 Å². The van der Waals surface area contributed by atoms with Crippen LogP contribution in [0.2, 0.25) is 0 Å². The van der Waals surface area contributed by atoms with Gasteiger partial charge in [0.2, 0.25) is 0 Å². The number of carbonyl (C=O) groups is 1. The van der Waals surface area contributed by atoms with E-state index < -0.39 is 5.97 Å². The van der Waals surface area contributed by atoms with Crippen molar-refractivity contribution in [3.63, 3.8) is 0 Å². The number of aryl methyl sites for hydroxylation is 2. The van der Waals surface area contributed by atoms with Crippen molar-refractivity contribution in [2.24, 2.45) is 7.05 Å². The first-order chi connectivity index (χ1) is 8.99. The SMILES string of the molecule is Cc1nn(C)c(NC(C)Cc2ccco2)c1C(=O)O. The maximum Gasteiger partial charge on any atom is 0.341 e. The summed E-state index contributed by atoms with van der Waals surface area (Å²) in [7, 11) is 1.72. The van der Waals surface area contributed by atoms with Crippen LogP contribution in [0.5, 0.6) is 0 Å². The molecule has 0 aliphatic heterocycles. The van der Waals surface area contributed by atoms with Crippen molar-refractivity contribution in [1.29, 1.82) is 0 Å². The molecule has 1 unspecified atom stereocenters. The zero-order chi connectivity index (χ0) is 14.0. The van der Waals surface area contributed by atoms with Crippen LogP contribution in [0.15, 0.2) is 22.8 Å².